The predicted molar refractivity (Wildman–Crippen MR) is 106 cm³/mol. The topological polar surface area (TPSA) is 64.3 Å². The molecule has 130 valence electrons. The molecule has 0 saturated heterocycles. The predicted octanol–water partition coefficient (Wildman–Crippen LogP) is 3.41. The first-order chi connectivity index (χ1) is 11.7. The molecule has 2 aromatic rings. The molecule has 2 aromatic carbocycles. The van der Waals surface area contributed by atoms with E-state index in [0.717, 1.165) is 33.6 Å². The van der Waals surface area contributed by atoms with Gasteiger partial charge in [-0.2, -0.15) is 0 Å². The molecule has 0 bridgehead atoms. The van der Waals surface area contributed by atoms with Gasteiger partial charge in [0.05, 0.1) is 13.0 Å². The Morgan fingerprint density at radius 3 is 2.62 bits per heavy atom. The molecule has 0 aliphatic heterocycles. The van der Waals surface area contributed by atoms with E-state index in [1.807, 2.05) is 37.3 Å². The van der Waals surface area contributed by atoms with Gasteiger partial charge in [-0.05, 0) is 35.4 Å². The number of hydrogen-bond donors (Lipinski definition) is 2. The summed E-state index contributed by atoms with van der Waals surface area (Å²) in [5.41, 5.74) is 6.46. The molecule has 0 fully saturated rings. The van der Waals surface area contributed by atoms with Crippen LogP contribution in [-0.2, 0) is 4.79 Å². The average molecular weight is 365 g/mol. The first-order valence-corrected chi connectivity index (χ1v) is 10.4. The lowest BCUT2D eigenvalue weighted by Crippen LogP contribution is -2.29. The van der Waals surface area contributed by atoms with E-state index in [4.69, 9.17) is 10.5 Å². The minimum atomic E-state index is -0.168. The van der Waals surface area contributed by atoms with Crippen molar-refractivity contribution < 1.29 is 9.53 Å². The minimum absolute atomic E-state index is 0.0623. The lowest BCUT2D eigenvalue weighted by atomic mass is 9.97. The van der Waals surface area contributed by atoms with Crippen LogP contribution in [0, 0.1) is 0 Å². The van der Waals surface area contributed by atoms with Crippen LogP contribution in [0.15, 0.2) is 36.4 Å². The number of nitrogens with two attached hydrogens (primary N) is 1. The van der Waals surface area contributed by atoms with E-state index in [-0.39, 0.29) is 11.8 Å². The van der Waals surface area contributed by atoms with Gasteiger partial charge in [0.2, 0.25) is 5.91 Å². The van der Waals surface area contributed by atoms with E-state index in [1.165, 1.54) is 0 Å². The average Bonchev–Trinajstić information content (AvgIpc) is 2.62. The summed E-state index contributed by atoms with van der Waals surface area (Å²) < 4.78 is 5.24. The molecule has 1 amide bonds. The molecule has 0 spiro atoms. The Morgan fingerprint density at radius 1 is 1.17 bits per heavy atom. The quantitative estimate of drug-likeness (QED) is 0.527. The SMILES string of the molecule is COc1ccc2cc([C@H](C)C(=O)NCCSSCCN)ccc2c1. The van der Waals surface area contributed by atoms with Crippen molar-refractivity contribution in [3.05, 3.63) is 42.0 Å². The van der Waals surface area contributed by atoms with Gasteiger partial charge in [0, 0.05) is 24.6 Å². The van der Waals surface area contributed by atoms with Crippen LogP contribution in [0.5, 0.6) is 5.75 Å². The van der Waals surface area contributed by atoms with Gasteiger partial charge in [0.1, 0.15) is 5.75 Å². The van der Waals surface area contributed by atoms with E-state index < -0.39 is 0 Å². The fourth-order valence-corrected chi connectivity index (χ4v) is 4.09. The molecular weight excluding hydrogens is 340 g/mol. The first-order valence-electron chi connectivity index (χ1n) is 7.95. The zero-order valence-electron chi connectivity index (χ0n) is 14.1. The van der Waals surface area contributed by atoms with Gasteiger partial charge < -0.3 is 15.8 Å². The monoisotopic (exact) mass is 364 g/mol. The standard InChI is InChI=1S/C18H24N2O2S2/c1-13(18(21)20-8-10-24-23-9-7-19)14-3-4-16-12-17(22-2)6-5-15(16)11-14/h3-6,11-13H,7-10,19H2,1-2H3,(H,20,21)/t13-/m0/s1. The number of fused-ring (bicyclic) bond motifs is 1. The highest BCUT2D eigenvalue weighted by Crippen LogP contribution is 2.25. The van der Waals surface area contributed by atoms with Crippen molar-refractivity contribution in [1.29, 1.82) is 0 Å². The summed E-state index contributed by atoms with van der Waals surface area (Å²) in [4.78, 5) is 12.3. The van der Waals surface area contributed by atoms with Crippen LogP contribution in [0.4, 0.5) is 0 Å². The van der Waals surface area contributed by atoms with Crippen LogP contribution in [0.3, 0.4) is 0 Å². The van der Waals surface area contributed by atoms with Gasteiger partial charge in [-0.25, -0.2) is 0 Å². The van der Waals surface area contributed by atoms with Crippen molar-refractivity contribution in [2.75, 3.05) is 31.7 Å². The molecule has 0 aromatic heterocycles. The fourth-order valence-electron chi connectivity index (χ4n) is 2.32. The molecule has 0 radical (unpaired) electrons. The highest BCUT2D eigenvalue weighted by Gasteiger charge is 2.15. The van der Waals surface area contributed by atoms with Crippen molar-refractivity contribution in [1.82, 2.24) is 5.32 Å². The second-order valence-electron chi connectivity index (χ2n) is 5.42. The van der Waals surface area contributed by atoms with Gasteiger partial charge in [-0.1, -0.05) is 45.9 Å². The number of carbonyl (C=O) groups excluding carboxylic acids is 1. The van der Waals surface area contributed by atoms with Crippen molar-refractivity contribution >= 4 is 38.3 Å². The Hall–Kier alpha value is -1.37. The van der Waals surface area contributed by atoms with E-state index in [1.54, 1.807) is 28.7 Å². The lowest BCUT2D eigenvalue weighted by Gasteiger charge is -2.13. The third-order valence-electron chi connectivity index (χ3n) is 3.73. The Kier molecular flexibility index (Phi) is 7.75. The van der Waals surface area contributed by atoms with Gasteiger partial charge >= 0.3 is 0 Å². The van der Waals surface area contributed by atoms with Crippen LogP contribution in [-0.4, -0.2) is 37.6 Å². The van der Waals surface area contributed by atoms with Gasteiger partial charge in [0.25, 0.3) is 0 Å². The molecule has 2 rings (SSSR count). The molecule has 24 heavy (non-hydrogen) atoms. The summed E-state index contributed by atoms with van der Waals surface area (Å²) in [5.74, 6) is 2.56. The molecule has 3 N–H and O–H groups in total. The summed E-state index contributed by atoms with van der Waals surface area (Å²) in [6.07, 6.45) is 0. The van der Waals surface area contributed by atoms with Crippen LogP contribution >= 0.6 is 21.6 Å². The third kappa shape index (κ3) is 5.33. The highest BCUT2D eigenvalue weighted by atomic mass is 33.1. The van der Waals surface area contributed by atoms with E-state index in [2.05, 4.69) is 11.4 Å². The van der Waals surface area contributed by atoms with E-state index in [9.17, 15) is 4.79 Å². The Morgan fingerprint density at radius 2 is 1.88 bits per heavy atom. The smallest absolute Gasteiger partial charge is 0.227 e. The van der Waals surface area contributed by atoms with Crippen molar-refractivity contribution in [3.63, 3.8) is 0 Å². The van der Waals surface area contributed by atoms with E-state index in [0.29, 0.717) is 13.1 Å². The normalized spacial score (nSPS) is 12.1. The number of benzene rings is 2. The summed E-state index contributed by atoms with van der Waals surface area (Å²) >= 11 is 0. The summed E-state index contributed by atoms with van der Waals surface area (Å²) in [6.45, 7) is 3.31. The Labute approximate surface area is 151 Å². The molecule has 0 heterocycles. The second kappa shape index (κ2) is 9.81. The zero-order chi connectivity index (χ0) is 17.4. The summed E-state index contributed by atoms with van der Waals surface area (Å²) in [5, 5.41) is 5.22. The third-order valence-corrected chi connectivity index (χ3v) is 6.17. The number of carbonyl (C=O) groups is 1. The zero-order valence-corrected chi connectivity index (χ0v) is 15.7. The lowest BCUT2D eigenvalue weighted by molar-refractivity contribution is -0.122. The maximum Gasteiger partial charge on any atom is 0.227 e. The van der Waals surface area contributed by atoms with Crippen LogP contribution in [0.25, 0.3) is 10.8 Å². The molecule has 6 heteroatoms. The molecule has 4 nitrogen and oxygen atoms in total. The van der Waals surface area contributed by atoms with Crippen molar-refractivity contribution in [2.24, 2.45) is 5.73 Å². The van der Waals surface area contributed by atoms with E-state index >= 15 is 0 Å². The molecule has 0 aliphatic rings. The summed E-state index contributed by atoms with van der Waals surface area (Å²) in [6, 6.07) is 12.1. The maximum atomic E-state index is 12.3. The van der Waals surface area contributed by atoms with Gasteiger partial charge in [-0.3, -0.25) is 4.79 Å². The number of methoxy groups -OCH3 is 1. The Balaban J connectivity index is 1.92. The largest absolute Gasteiger partial charge is 0.497 e. The number of hydrogen-bond acceptors (Lipinski definition) is 5. The van der Waals surface area contributed by atoms with Crippen LogP contribution in [0.1, 0.15) is 18.4 Å². The second-order valence-corrected chi connectivity index (χ2v) is 8.12. The van der Waals surface area contributed by atoms with Crippen molar-refractivity contribution in [3.8, 4) is 5.75 Å². The van der Waals surface area contributed by atoms with Crippen LogP contribution < -0.4 is 15.8 Å². The maximum absolute atomic E-state index is 12.3. The molecule has 0 saturated carbocycles. The number of nitrogens with one attached hydrogen (secondary N) is 1. The summed E-state index contributed by atoms with van der Waals surface area (Å²) in [7, 11) is 5.15. The fraction of sp³-hybridized carbons (Fsp3) is 0.389. The van der Waals surface area contributed by atoms with Crippen LogP contribution in [0.2, 0.25) is 0 Å². The van der Waals surface area contributed by atoms with Gasteiger partial charge in [0.15, 0.2) is 0 Å². The highest BCUT2D eigenvalue weighted by molar-refractivity contribution is 8.76. The molecule has 0 unspecified atom stereocenters. The molecule has 0 aliphatic carbocycles. The van der Waals surface area contributed by atoms with Crippen molar-refractivity contribution in [2.45, 2.75) is 12.8 Å². The minimum Gasteiger partial charge on any atom is -0.497 e. The van der Waals surface area contributed by atoms with Gasteiger partial charge in [-0.15, -0.1) is 0 Å². The number of amides is 1. The number of rotatable bonds is 9. The molecular formula is C18H24N2O2S2. The Bertz CT molecular complexity index is 679. The first kappa shape index (κ1) is 19.0. The molecule has 1 atom stereocenters. The number of ether oxygens (including phenoxy) is 1.